The van der Waals surface area contributed by atoms with Crippen molar-refractivity contribution >= 4 is 23.2 Å². The van der Waals surface area contributed by atoms with Gasteiger partial charge in [0.25, 0.3) is 5.82 Å². The number of carbonyl (C=O) groups is 1. The normalized spacial score (nSPS) is 10.5. The van der Waals surface area contributed by atoms with Gasteiger partial charge in [-0.15, -0.1) is 5.10 Å². The lowest BCUT2D eigenvalue weighted by Gasteiger charge is -1.89. The summed E-state index contributed by atoms with van der Waals surface area (Å²) in [6, 6.07) is 3.15. The molecule has 0 saturated heterocycles. The van der Waals surface area contributed by atoms with E-state index in [-0.39, 0.29) is 5.82 Å². The van der Waals surface area contributed by atoms with Gasteiger partial charge in [0.05, 0.1) is 0 Å². The molecule has 13 heavy (non-hydrogen) atoms. The maximum absolute atomic E-state index is 10.5. The summed E-state index contributed by atoms with van der Waals surface area (Å²) in [5, 5.41) is 12.8. The maximum atomic E-state index is 10.5. The van der Waals surface area contributed by atoms with E-state index in [1.54, 1.807) is 18.3 Å². The summed E-state index contributed by atoms with van der Waals surface area (Å²) >= 11 is 5.68. The highest BCUT2D eigenvalue weighted by atomic mass is 35.5. The fraction of sp³-hybridized carbons (Fsp3) is 0. The minimum absolute atomic E-state index is 0.234. The van der Waals surface area contributed by atoms with Crippen LogP contribution in [0, 0.1) is 0 Å². The highest BCUT2D eigenvalue weighted by Crippen LogP contribution is 2.10. The van der Waals surface area contributed by atoms with Gasteiger partial charge in [0.1, 0.15) is 0 Å². The molecule has 2 rings (SSSR count). The molecule has 0 aliphatic carbocycles. The smallest absolute Gasteiger partial charge is 0.375 e. The first kappa shape index (κ1) is 8.00. The van der Waals surface area contributed by atoms with E-state index >= 15 is 0 Å². The molecule has 0 fully saturated rings. The summed E-state index contributed by atoms with van der Waals surface area (Å²) in [6.45, 7) is 0. The third kappa shape index (κ3) is 1.33. The van der Waals surface area contributed by atoms with E-state index in [4.69, 9.17) is 16.7 Å². The van der Waals surface area contributed by atoms with E-state index in [0.29, 0.717) is 10.7 Å². The molecule has 0 atom stereocenters. The first-order valence-electron chi connectivity index (χ1n) is 3.42. The molecule has 0 aromatic carbocycles. The van der Waals surface area contributed by atoms with Crippen molar-refractivity contribution in [1.82, 2.24) is 14.6 Å². The van der Waals surface area contributed by atoms with Gasteiger partial charge in [-0.3, -0.25) is 0 Å². The molecule has 0 unspecified atom stereocenters. The van der Waals surface area contributed by atoms with Crippen molar-refractivity contribution < 1.29 is 9.90 Å². The molecule has 1 N–H and O–H groups in total. The SMILES string of the molecule is O=C(O)c1nc2cc(Cl)ccn2n1. The van der Waals surface area contributed by atoms with Gasteiger partial charge in [-0.05, 0) is 6.07 Å². The van der Waals surface area contributed by atoms with Crippen LogP contribution in [0.3, 0.4) is 0 Å². The minimum atomic E-state index is -1.15. The van der Waals surface area contributed by atoms with E-state index in [1.165, 1.54) is 4.52 Å². The Labute approximate surface area is 77.6 Å². The molecule has 0 aliphatic rings. The van der Waals surface area contributed by atoms with Gasteiger partial charge < -0.3 is 5.11 Å². The Hall–Kier alpha value is -1.62. The predicted octanol–water partition coefficient (Wildman–Crippen LogP) is 1.08. The third-order valence-corrected chi connectivity index (χ3v) is 1.73. The Morgan fingerprint density at radius 3 is 3.08 bits per heavy atom. The number of carboxylic acid groups (broad SMARTS) is 1. The van der Waals surface area contributed by atoms with Crippen LogP contribution in [-0.4, -0.2) is 25.7 Å². The van der Waals surface area contributed by atoms with E-state index in [1.807, 2.05) is 0 Å². The number of nitrogens with zero attached hydrogens (tertiary/aromatic N) is 3. The summed E-state index contributed by atoms with van der Waals surface area (Å²) < 4.78 is 1.36. The fourth-order valence-electron chi connectivity index (χ4n) is 0.947. The van der Waals surface area contributed by atoms with Crippen molar-refractivity contribution in [1.29, 1.82) is 0 Å². The van der Waals surface area contributed by atoms with E-state index in [9.17, 15) is 4.79 Å². The van der Waals surface area contributed by atoms with E-state index in [2.05, 4.69) is 10.1 Å². The van der Waals surface area contributed by atoms with Crippen LogP contribution >= 0.6 is 11.6 Å². The molecule has 0 bridgehead atoms. The molecule has 2 heterocycles. The van der Waals surface area contributed by atoms with Gasteiger partial charge in [-0.2, -0.15) is 0 Å². The molecular weight excluding hydrogens is 194 g/mol. The van der Waals surface area contributed by atoms with Crippen LogP contribution < -0.4 is 0 Å². The molecule has 66 valence electrons. The van der Waals surface area contributed by atoms with Crippen LogP contribution in [0.25, 0.3) is 5.65 Å². The topological polar surface area (TPSA) is 67.5 Å². The summed E-state index contributed by atoms with van der Waals surface area (Å²) in [5.74, 6) is -1.39. The van der Waals surface area contributed by atoms with E-state index in [0.717, 1.165) is 0 Å². The maximum Gasteiger partial charge on any atom is 0.375 e. The predicted molar refractivity (Wildman–Crippen MR) is 45.0 cm³/mol. The Morgan fingerprint density at radius 2 is 2.38 bits per heavy atom. The average molecular weight is 198 g/mol. The van der Waals surface area contributed by atoms with Crippen LogP contribution in [0.5, 0.6) is 0 Å². The zero-order valence-corrected chi connectivity index (χ0v) is 7.06. The van der Waals surface area contributed by atoms with Gasteiger partial charge >= 0.3 is 5.97 Å². The molecule has 2 aromatic rings. The van der Waals surface area contributed by atoms with Crippen LogP contribution in [0.1, 0.15) is 10.6 Å². The summed E-state index contributed by atoms with van der Waals surface area (Å²) in [7, 11) is 0. The lowest BCUT2D eigenvalue weighted by molar-refractivity contribution is 0.0684. The zero-order chi connectivity index (χ0) is 9.42. The number of aromatic nitrogens is 3. The summed E-state index contributed by atoms with van der Waals surface area (Å²) in [6.07, 6.45) is 1.55. The second-order valence-corrected chi connectivity index (χ2v) is 2.82. The van der Waals surface area contributed by atoms with Crippen molar-refractivity contribution in [3.63, 3.8) is 0 Å². The quantitative estimate of drug-likeness (QED) is 0.743. The highest BCUT2D eigenvalue weighted by molar-refractivity contribution is 6.30. The molecule has 0 saturated carbocycles. The monoisotopic (exact) mass is 197 g/mol. The summed E-state index contributed by atoms with van der Waals surface area (Å²) in [4.78, 5) is 14.2. The number of aromatic carboxylic acids is 1. The lowest BCUT2D eigenvalue weighted by Crippen LogP contribution is -1.98. The van der Waals surface area contributed by atoms with Crippen LogP contribution in [-0.2, 0) is 0 Å². The first-order valence-corrected chi connectivity index (χ1v) is 3.80. The van der Waals surface area contributed by atoms with Crippen LogP contribution in [0.4, 0.5) is 0 Å². The fourth-order valence-corrected chi connectivity index (χ4v) is 1.10. The third-order valence-electron chi connectivity index (χ3n) is 1.49. The van der Waals surface area contributed by atoms with Crippen molar-refractivity contribution in [3.05, 3.63) is 29.2 Å². The van der Waals surface area contributed by atoms with Gasteiger partial charge in [-0.1, -0.05) is 11.6 Å². The number of carboxylic acids is 1. The molecule has 0 aliphatic heterocycles. The molecular formula is C7H4ClN3O2. The number of rotatable bonds is 1. The van der Waals surface area contributed by atoms with Crippen LogP contribution in [0.15, 0.2) is 18.3 Å². The molecule has 5 nitrogen and oxygen atoms in total. The second kappa shape index (κ2) is 2.70. The Morgan fingerprint density at radius 1 is 1.62 bits per heavy atom. The Bertz CT molecular complexity index is 480. The number of hydrogen-bond acceptors (Lipinski definition) is 3. The van der Waals surface area contributed by atoms with Gasteiger partial charge in [0, 0.05) is 17.3 Å². The molecule has 6 heteroatoms. The highest BCUT2D eigenvalue weighted by Gasteiger charge is 2.10. The standard InChI is InChI=1S/C7H4ClN3O2/c8-4-1-2-11-5(3-4)9-6(10-11)7(12)13/h1-3H,(H,12,13). The van der Waals surface area contributed by atoms with Crippen molar-refractivity contribution in [2.75, 3.05) is 0 Å². The molecule has 2 aromatic heterocycles. The van der Waals surface area contributed by atoms with E-state index < -0.39 is 5.97 Å². The second-order valence-electron chi connectivity index (χ2n) is 2.39. The zero-order valence-electron chi connectivity index (χ0n) is 6.31. The van der Waals surface area contributed by atoms with Crippen molar-refractivity contribution in [3.8, 4) is 0 Å². The molecule has 0 radical (unpaired) electrons. The average Bonchev–Trinajstić information content (AvgIpc) is 2.46. The largest absolute Gasteiger partial charge is 0.475 e. The Balaban J connectivity index is 2.68. The van der Waals surface area contributed by atoms with Crippen molar-refractivity contribution in [2.24, 2.45) is 0 Å². The number of pyridine rings is 1. The Kier molecular flexibility index (Phi) is 1.66. The lowest BCUT2D eigenvalue weighted by atomic mass is 10.5. The van der Waals surface area contributed by atoms with Gasteiger partial charge in [0.2, 0.25) is 0 Å². The number of hydrogen-bond donors (Lipinski definition) is 1. The first-order chi connectivity index (χ1) is 6.16. The van der Waals surface area contributed by atoms with Crippen LogP contribution in [0.2, 0.25) is 5.02 Å². The number of halogens is 1. The molecule has 0 amide bonds. The van der Waals surface area contributed by atoms with Gasteiger partial charge in [0.15, 0.2) is 5.65 Å². The van der Waals surface area contributed by atoms with Crippen molar-refractivity contribution in [2.45, 2.75) is 0 Å². The van der Waals surface area contributed by atoms with Gasteiger partial charge in [-0.25, -0.2) is 14.3 Å². The minimum Gasteiger partial charge on any atom is -0.475 e. The number of fused-ring (bicyclic) bond motifs is 1. The summed E-state index contributed by atoms with van der Waals surface area (Å²) in [5.41, 5.74) is 0.421. The molecule has 0 spiro atoms.